The first-order valence-corrected chi connectivity index (χ1v) is 10.00. The van der Waals surface area contributed by atoms with Crippen molar-refractivity contribution >= 4 is 38.9 Å². The number of hydrogen-bond donors (Lipinski definition) is 2. The summed E-state index contributed by atoms with van der Waals surface area (Å²) in [6.45, 7) is 1.45. The zero-order valence-corrected chi connectivity index (χ0v) is 15.5. The van der Waals surface area contributed by atoms with Gasteiger partial charge in [-0.05, 0) is 49.2 Å². The van der Waals surface area contributed by atoms with Crippen molar-refractivity contribution in [3.05, 3.63) is 58.6 Å². The van der Waals surface area contributed by atoms with Gasteiger partial charge in [0.25, 0.3) is 0 Å². The van der Waals surface area contributed by atoms with Crippen LogP contribution in [0.5, 0.6) is 0 Å². The number of fused-ring (bicyclic) bond motifs is 1. The molecule has 6 nitrogen and oxygen atoms in total. The van der Waals surface area contributed by atoms with Gasteiger partial charge in [-0.25, -0.2) is 13.2 Å². The van der Waals surface area contributed by atoms with E-state index in [9.17, 15) is 18.0 Å². The van der Waals surface area contributed by atoms with Gasteiger partial charge in [0, 0.05) is 16.3 Å². The third kappa shape index (κ3) is 3.89. The van der Waals surface area contributed by atoms with Gasteiger partial charge in [-0.2, -0.15) is 0 Å². The van der Waals surface area contributed by atoms with Crippen LogP contribution in [0.2, 0.25) is 5.02 Å². The van der Waals surface area contributed by atoms with E-state index in [1.54, 1.807) is 30.3 Å². The number of carbonyl (C=O) groups excluding carboxylic acids is 2. The van der Waals surface area contributed by atoms with Crippen LogP contribution in [0, 0.1) is 0 Å². The predicted octanol–water partition coefficient (Wildman–Crippen LogP) is 3.58. The minimum Gasteiger partial charge on any atom is -0.331 e. The summed E-state index contributed by atoms with van der Waals surface area (Å²) in [7, 11) is -3.37. The van der Waals surface area contributed by atoms with Crippen LogP contribution in [0.3, 0.4) is 0 Å². The Kier molecular flexibility index (Phi) is 5.02. The van der Waals surface area contributed by atoms with Crippen LogP contribution < -0.4 is 10.6 Å². The smallest absolute Gasteiger partial charge is 0.319 e. The highest BCUT2D eigenvalue weighted by Crippen LogP contribution is 2.34. The number of halogens is 1. The molecule has 8 heteroatoms. The molecule has 0 saturated carbocycles. The third-order valence-electron chi connectivity index (χ3n) is 4.19. The largest absolute Gasteiger partial charge is 0.331 e. The maximum atomic E-state index is 12.3. The molecular weight excluding hydrogens is 376 g/mol. The topological polar surface area (TPSA) is 92.3 Å². The summed E-state index contributed by atoms with van der Waals surface area (Å²) in [5.74, 6) is -0.151. The average Bonchev–Trinajstić information content (AvgIpc) is 2.57. The van der Waals surface area contributed by atoms with Gasteiger partial charge in [0.1, 0.15) is 0 Å². The first-order valence-electron chi connectivity index (χ1n) is 7.97. The molecule has 2 aromatic carbocycles. The number of sulfone groups is 1. The Labute approximate surface area is 156 Å². The van der Waals surface area contributed by atoms with E-state index in [1.807, 2.05) is 0 Å². The maximum absolute atomic E-state index is 12.3. The highest BCUT2D eigenvalue weighted by molar-refractivity contribution is 7.91. The molecule has 2 aromatic rings. The molecule has 1 aliphatic rings. The summed E-state index contributed by atoms with van der Waals surface area (Å²) in [5.41, 5.74) is 1.45. The molecule has 1 atom stereocenters. The first kappa shape index (κ1) is 18.4. The van der Waals surface area contributed by atoms with Crippen LogP contribution in [0.25, 0.3) is 0 Å². The molecular formula is C18H17ClN2O4S. The first-order chi connectivity index (χ1) is 12.3. The SMILES string of the molecule is CC(=O)c1cccc(NC(=O)N[C@@H]2CCS(=O)(=O)c3ccc(Cl)cc32)c1. The lowest BCUT2D eigenvalue weighted by Crippen LogP contribution is -2.36. The number of benzene rings is 2. The normalized spacial score (nSPS) is 17.8. The molecule has 0 bridgehead atoms. The van der Waals surface area contributed by atoms with Crippen molar-refractivity contribution < 1.29 is 18.0 Å². The summed E-state index contributed by atoms with van der Waals surface area (Å²) in [4.78, 5) is 24.0. The molecule has 0 unspecified atom stereocenters. The van der Waals surface area contributed by atoms with E-state index in [2.05, 4.69) is 10.6 Å². The van der Waals surface area contributed by atoms with Crippen LogP contribution in [0.1, 0.15) is 35.3 Å². The van der Waals surface area contributed by atoms with Crippen LogP contribution in [-0.4, -0.2) is 26.0 Å². The monoisotopic (exact) mass is 392 g/mol. The number of Topliss-reactive ketones (excluding diaryl/α,β-unsaturated/α-hetero) is 1. The van der Waals surface area contributed by atoms with Gasteiger partial charge in [-0.1, -0.05) is 23.7 Å². The number of urea groups is 1. The van der Waals surface area contributed by atoms with Crippen molar-refractivity contribution in [3.8, 4) is 0 Å². The molecule has 1 heterocycles. The van der Waals surface area contributed by atoms with Crippen molar-refractivity contribution in [2.24, 2.45) is 0 Å². The summed E-state index contributed by atoms with van der Waals surface area (Å²) in [6.07, 6.45) is 0.260. The number of hydrogen-bond acceptors (Lipinski definition) is 4. The summed E-state index contributed by atoms with van der Waals surface area (Å²) in [6, 6.07) is 10.2. The molecule has 0 aliphatic carbocycles. The van der Waals surface area contributed by atoms with E-state index in [-0.39, 0.29) is 22.9 Å². The van der Waals surface area contributed by atoms with Crippen LogP contribution in [0.4, 0.5) is 10.5 Å². The molecule has 136 valence electrons. The van der Waals surface area contributed by atoms with Gasteiger partial charge in [-0.3, -0.25) is 4.79 Å². The molecule has 0 saturated heterocycles. The van der Waals surface area contributed by atoms with Crippen molar-refractivity contribution in [3.63, 3.8) is 0 Å². The number of nitrogens with one attached hydrogen (secondary N) is 2. The Balaban J connectivity index is 1.79. The fourth-order valence-electron chi connectivity index (χ4n) is 2.90. The Morgan fingerprint density at radius 3 is 2.65 bits per heavy atom. The molecule has 0 aromatic heterocycles. The van der Waals surface area contributed by atoms with E-state index in [1.165, 1.54) is 19.1 Å². The standard InChI is InChI=1S/C18H17ClN2O4S/c1-11(22)12-3-2-4-14(9-12)20-18(23)21-16-7-8-26(24,25)17-6-5-13(19)10-15(16)17/h2-6,9-10,16H,7-8H2,1H3,(H2,20,21,23)/t16-/m1/s1. The van der Waals surface area contributed by atoms with Crippen molar-refractivity contribution in [1.29, 1.82) is 0 Å². The highest BCUT2D eigenvalue weighted by Gasteiger charge is 2.31. The Morgan fingerprint density at radius 1 is 1.15 bits per heavy atom. The second kappa shape index (κ2) is 7.09. The second-order valence-corrected chi connectivity index (χ2v) is 8.59. The van der Waals surface area contributed by atoms with Gasteiger partial charge < -0.3 is 10.6 Å². The summed E-state index contributed by atoms with van der Waals surface area (Å²) < 4.78 is 24.4. The number of carbonyl (C=O) groups is 2. The van der Waals surface area contributed by atoms with E-state index >= 15 is 0 Å². The zero-order valence-electron chi connectivity index (χ0n) is 14.0. The van der Waals surface area contributed by atoms with E-state index < -0.39 is 21.9 Å². The fraction of sp³-hybridized carbons (Fsp3) is 0.222. The predicted molar refractivity (Wildman–Crippen MR) is 99.5 cm³/mol. The van der Waals surface area contributed by atoms with E-state index in [0.717, 1.165) is 0 Å². The molecule has 2 N–H and O–H groups in total. The van der Waals surface area contributed by atoms with Crippen molar-refractivity contribution in [2.75, 3.05) is 11.1 Å². The van der Waals surface area contributed by atoms with Crippen molar-refractivity contribution in [1.82, 2.24) is 5.32 Å². The van der Waals surface area contributed by atoms with Crippen molar-refractivity contribution in [2.45, 2.75) is 24.3 Å². The van der Waals surface area contributed by atoms with Gasteiger partial charge in [0.05, 0.1) is 16.7 Å². The number of ketones is 1. The lowest BCUT2D eigenvalue weighted by atomic mass is 10.0. The van der Waals surface area contributed by atoms with Crippen LogP contribution >= 0.6 is 11.6 Å². The van der Waals surface area contributed by atoms with E-state index in [0.29, 0.717) is 21.8 Å². The Hall–Kier alpha value is -2.38. The highest BCUT2D eigenvalue weighted by atomic mass is 35.5. The number of rotatable bonds is 3. The van der Waals surface area contributed by atoms with Gasteiger partial charge in [0.2, 0.25) is 0 Å². The average molecular weight is 393 g/mol. The molecule has 2 amide bonds. The quantitative estimate of drug-likeness (QED) is 0.781. The molecule has 1 aliphatic heterocycles. The van der Waals surface area contributed by atoms with E-state index in [4.69, 9.17) is 11.6 Å². The van der Waals surface area contributed by atoms with Crippen LogP contribution in [-0.2, 0) is 9.84 Å². The van der Waals surface area contributed by atoms with Gasteiger partial charge in [0.15, 0.2) is 15.6 Å². The summed E-state index contributed by atoms with van der Waals surface area (Å²) >= 11 is 5.99. The minimum atomic E-state index is -3.37. The number of amides is 2. The molecule has 3 rings (SSSR count). The van der Waals surface area contributed by atoms with Crippen LogP contribution in [0.15, 0.2) is 47.4 Å². The maximum Gasteiger partial charge on any atom is 0.319 e. The molecule has 26 heavy (non-hydrogen) atoms. The second-order valence-electron chi connectivity index (χ2n) is 6.08. The Morgan fingerprint density at radius 2 is 1.92 bits per heavy atom. The zero-order chi connectivity index (χ0) is 18.9. The lowest BCUT2D eigenvalue weighted by Gasteiger charge is -2.26. The minimum absolute atomic E-state index is 0.0492. The van der Waals surface area contributed by atoms with Gasteiger partial charge >= 0.3 is 6.03 Å². The fourth-order valence-corrected chi connectivity index (χ4v) is 4.69. The molecule has 0 fully saturated rings. The molecule has 0 radical (unpaired) electrons. The Bertz CT molecular complexity index is 988. The molecule has 0 spiro atoms. The lowest BCUT2D eigenvalue weighted by molar-refractivity contribution is 0.101. The third-order valence-corrected chi connectivity index (χ3v) is 6.24. The number of anilines is 1. The summed E-state index contributed by atoms with van der Waals surface area (Å²) in [5, 5.41) is 5.85. The van der Waals surface area contributed by atoms with Gasteiger partial charge in [-0.15, -0.1) is 0 Å².